The van der Waals surface area contributed by atoms with Crippen LogP contribution in [0.15, 0.2) is 18.2 Å². The zero-order valence-electron chi connectivity index (χ0n) is 11.9. The third-order valence-corrected chi connectivity index (χ3v) is 6.07. The number of rotatable bonds is 0. The van der Waals surface area contributed by atoms with Gasteiger partial charge in [0.15, 0.2) is 11.5 Å². The lowest BCUT2D eigenvalue weighted by atomic mass is 9.53. The van der Waals surface area contributed by atoms with Crippen molar-refractivity contribution in [1.29, 1.82) is 0 Å². The molecule has 109 valence electrons. The maximum atomic E-state index is 10.4. The first-order valence-electron chi connectivity index (χ1n) is 7.63. The van der Waals surface area contributed by atoms with E-state index in [1.807, 2.05) is 12.1 Å². The molecule has 2 heterocycles. The Morgan fingerprint density at radius 3 is 3.14 bits per heavy atom. The summed E-state index contributed by atoms with van der Waals surface area (Å²) in [5, 5.41) is 20.6. The fourth-order valence-electron chi connectivity index (χ4n) is 5.17. The van der Waals surface area contributed by atoms with Crippen LogP contribution in [0.25, 0.3) is 0 Å². The molecule has 2 aliphatic heterocycles. The highest BCUT2D eigenvalue weighted by Crippen LogP contribution is 2.62. The van der Waals surface area contributed by atoms with Crippen molar-refractivity contribution in [3.8, 4) is 11.5 Å². The molecule has 1 fully saturated rings. The van der Waals surface area contributed by atoms with Crippen molar-refractivity contribution >= 4 is 0 Å². The van der Waals surface area contributed by atoms with Crippen LogP contribution < -0.4 is 4.74 Å². The molecule has 21 heavy (non-hydrogen) atoms. The van der Waals surface area contributed by atoms with Gasteiger partial charge in [0.05, 0.1) is 0 Å². The van der Waals surface area contributed by atoms with E-state index in [9.17, 15) is 10.2 Å². The van der Waals surface area contributed by atoms with E-state index in [0.717, 1.165) is 24.9 Å². The van der Waals surface area contributed by atoms with Crippen LogP contribution in [0.4, 0.5) is 0 Å². The summed E-state index contributed by atoms with van der Waals surface area (Å²) in [6, 6.07) is 5.26. The number of aromatic hydroxyl groups is 1. The molecule has 4 heteroatoms. The van der Waals surface area contributed by atoms with E-state index in [1.165, 1.54) is 5.56 Å². The van der Waals surface area contributed by atoms with E-state index in [2.05, 4.69) is 24.1 Å². The van der Waals surface area contributed by atoms with E-state index in [4.69, 9.17) is 4.74 Å². The molecule has 4 aliphatic rings. The molecule has 1 spiro atoms. The van der Waals surface area contributed by atoms with Crippen molar-refractivity contribution in [2.45, 2.75) is 36.5 Å². The van der Waals surface area contributed by atoms with Gasteiger partial charge in [0, 0.05) is 29.0 Å². The first-order chi connectivity index (χ1) is 10.1. The summed E-state index contributed by atoms with van der Waals surface area (Å²) in [6.45, 7) is 1.000. The molecule has 1 aromatic carbocycles. The largest absolute Gasteiger partial charge is 0.504 e. The molecule has 5 atom stereocenters. The van der Waals surface area contributed by atoms with Crippen LogP contribution >= 0.6 is 0 Å². The van der Waals surface area contributed by atoms with Crippen LogP contribution in [0, 0.1) is 12.0 Å². The molecule has 1 aromatic rings. The molecule has 1 saturated heterocycles. The van der Waals surface area contributed by atoms with Gasteiger partial charge in [-0.1, -0.05) is 12.2 Å². The van der Waals surface area contributed by atoms with Crippen LogP contribution in [0.2, 0.25) is 0 Å². The minimum Gasteiger partial charge on any atom is -0.504 e. The van der Waals surface area contributed by atoms with Gasteiger partial charge in [-0.25, -0.2) is 0 Å². The smallest absolute Gasteiger partial charge is 0.166 e. The quantitative estimate of drug-likeness (QED) is 0.698. The number of phenolic OH excluding ortho intramolecular Hbond substituents is 1. The van der Waals surface area contributed by atoms with Crippen LogP contribution in [-0.2, 0) is 11.8 Å². The minimum atomic E-state index is -0.608. The van der Waals surface area contributed by atoms with Crippen molar-refractivity contribution < 1.29 is 14.9 Å². The summed E-state index contributed by atoms with van der Waals surface area (Å²) in [4.78, 5) is 2.42. The van der Waals surface area contributed by atoms with Crippen LogP contribution in [0.3, 0.4) is 0 Å². The number of hydrogen-bond acceptors (Lipinski definition) is 4. The average Bonchev–Trinajstić information content (AvgIpc) is 2.83. The van der Waals surface area contributed by atoms with E-state index < -0.39 is 6.10 Å². The molecule has 2 bridgehead atoms. The number of ether oxygens (including phenoxy) is 1. The molecule has 2 N–H and O–H groups in total. The van der Waals surface area contributed by atoms with Gasteiger partial charge in [-0.2, -0.15) is 0 Å². The second-order valence-corrected chi connectivity index (χ2v) is 6.85. The highest BCUT2D eigenvalue weighted by Gasteiger charge is 2.64. The molecule has 1 radical (unpaired) electrons. The van der Waals surface area contributed by atoms with Gasteiger partial charge in [0.2, 0.25) is 0 Å². The summed E-state index contributed by atoms with van der Waals surface area (Å²) in [6.07, 6.45) is 5.08. The molecule has 5 rings (SSSR count). The summed E-state index contributed by atoms with van der Waals surface area (Å²) in [7, 11) is 2.18. The summed E-state index contributed by atoms with van der Waals surface area (Å²) in [5.41, 5.74) is 2.18. The highest BCUT2D eigenvalue weighted by molar-refractivity contribution is 5.61. The summed E-state index contributed by atoms with van der Waals surface area (Å²) >= 11 is 0. The van der Waals surface area contributed by atoms with Gasteiger partial charge >= 0.3 is 0 Å². The Bertz CT molecular complexity index is 670. The van der Waals surface area contributed by atoms with Gasteiger partial charge in [-0.05, 0) is 38.1 Å². The lowest BCUT2D eigenvalue weighted by Gasteiger charge is -2.56. The van der Waals surface area contributed by atoms with Crippen LogP contribution in [-0.4, -0.2) is 47.0 Å². The Labute approximate surface area is 123 Å². The maximum Gasteiger partial charge on any atom is 0.166 e. The number of benzene rings is 1. The third kappa shape index (κ3) is 1.21. The number of phenols is 1. The van der Waals surface area contributed by atoms with Crippen molar-refractivity contribution in [3.05, 3.63) is 35.4 Å². The van der Waals surface area contributed by atoms with Gasteiger partial charge < -0.3 is 19.8 Å². The number of piperidine rings is 1. The summed E-state index contributed by atoms with van der Waals surface area (Å²) < 4.78 is 6.06. The number of aliphatic hydroxyl groups is 1. The molecule has 0 unspecified atom stereocenters. The Kier molecular flexibility index (Phi) is 2.08. The molecule has 0 amide bonds. The number of aliphatic hydroxyl groups excluding tert-OH is 1. The van der Waals surface area contributed by atoms with Crippen molar-refractivity contribution in [3.63, 3.8) is 0 Å². The first kappa shape index (κ1) is 12.1. The Morgan fingerprint density at radius 2 is 2.29 bits per heavy atom. The van der Waals surface area contributed by atoms with Crippen molar-refractivity contribution in [2.75, 3.05) is 13.6 Å². The molecule has 0 saturated carbocycles. The number of likely N-dealkylation sites (tertiary alicyclic amines) is 1. The Morgan fingerprint density at radius 1 is 1.43 bits per heavy atom. The van der Waals surface area contributed by atoms with Crippen molar-refractivity contribution in [2.24, 2.45) is 5.92 Å². The maximum absolute atomic E-state index is 10.4. The number of nitrogens with zero attached hydrogens (tertiary/aromatic N) is 1. The van der Waals surface area contributed by atoms with Crippen LogP contribution in [0.5, 0.6) is 11.5 Å². The minimum absolute atomic E-state index is 0.0841. The molecular weight excluding hydrogens is 266 g/mol. The monoisotopic (exact) mass is 284 g/mol. The molecular formula is C17H18NO3. The lowest BCUT2D eigenvalue weighted by molar-refractivity contribution is -0.0453. The second kappa shape index (κ2) is 3.62. The molecule has 4 nitrogen and oxygen atoms in total. The predicted octanol–water partition coefficient (Wildman–Crippen LogP) is 0.998. The van der Waals surface area contributed by atoms with E-state index in [0.29, 0.717) is 17.7 Å². The average molecular weight is 284 g/mol. The lowest BCUT2D eigenvalue weighted by Crippen LogP contribution is -2.64. The van der Waals surface area contributed by atoms with Gasteiger partial charge in [0.1, 0.15) is 12.2 Å². The fraction of sp³-hybridized carbons (Fsp3) is 0.529. The van der Waals surface area contributed by atoms with E-state index in [-0.39, 0.29) is 17.3 Å². The van der Waals surface area contributed by atoms with E-state index in [1.54, 1.807) is 0 Å². The topological polar surface area (TPSA) is 52.9 Å². The SMILES string of the molecule is CN1CC[C@]23c4c5c[c]c(O)c4O[C@H]2[C@@H](O)C=C[C@H]3[C@H]1C5. The highest BCUT2D eigenvalue weighted by atomic mass is 16.5. The number of likely N-dealkylation sites (N-methyl/N-ethyl adjacent to an activating group) is 1. The zero-order valence-corrected chi connectivity index (χ0v) is 11.9. The standard InChI is InChI=1S/C17H18NO3/c1-18-7-6-17-10-3-5-13(20)16(17)21-15-12(19)4-2-9(14(15)17)8-11(10)18/h2-3,5,10-11,13,16,19-20H,6-8H2,1H3/t10-,11+,13-,16-,17-/m0/s1. The van der Waals surface area contributed by atoms with Gasteiger partial charge in [0.25, 0.3) is 0 Å². The Balaban J connectivity index is 1.84. The van der Waals surface area contributed by atoms with Crippen LogP contribution in [0.1, 0.15) is 17.5 Å². The zero-order chi connectivity index (χ0) is 14.4. The van der Waals surface area contributed by atoms with Crippen molar-refractivity contribution in [1.82, 2.24) is 4.90 Å². The first-order valence-corrected chi connectivity index (χ1v) is 7.63. The molecule has 2 aliphatic carbocycles. The van der Waals surface area contributed by atoms with Gasteiger partial charge in [-0.3, -0.25) is 0 Å². The fourth-order valence-corrected chi connectivity index (χ4v) is 5.17. The second-order valence-electron chi connectivity index (χ2n) is 6.85. The van der Waals surface area contributed by atoms with Gasteiger partial charge in [-0.15, -0.1) is 0 Å². The van der Waals surface area contributed by atoms with E-state index >= 15 is 0 Å². The number of hydrogen-bond donors (Lipinski definition) is 2. The molecule has 0 aromatic heterocycles. The predicted molar refractivity (Wildman–Crippen MR) is 76.4 cm³/mol. The normalized spacial score (nSPS) is 42.6. The third-order valence-electron chi connectivity index (χ3n) is 6.07. The summed E-state index contributed by atoms with van der Waals surface area (Å²) in [5.74, 6) is 0.995. The Hall–Kier alpha value is -1.52.